The lowest BCUT2D eigenvalue weighted by Gasteiger charge is -2.22. The van der Waals surface area contributed by atoms with Gasteiger partial charge in [-0.25, -0.2) is 4.99 Å². The maximum atomic E-state index is 12.0. The second-order valence-corrected chi connectivity index (χ2v) is 4.32. The monoisotopic (exact) mass is 234 g/mol. The van der Waals surface area contributed by atoms with Crippen LogP contribution in [0.15, 0.2) is 21.8 Å². The van der Waals surface area contributed by atoms with E-state index >= 15 is 0 Å². The Labute approximate surface area is 98.9 Å². The van der Waals surface area contributed by atoms with E-state index in [1.807, 2.05) is 0 Å². The smallest absolute Gasteiger partial charge is 0.303 e. The summed E-state index contributed by atoms with van der Waals surface area (Å²) in [6, 6.07) is 0. The number of amides is 1. The van der Waals surface area contributed by atoms with E-state index in [4.69, 9.17) is 5.21 Å². The van der Waals surface area contributed by atoms with E-state index in [1.165, 1.54) is 12.6 Å². The van der Waals surface area contributed by atoms with Crippen LogP contribution >= 0.6 is 0 Å². The van der Waals surface area contributed by atoms with E-state index in [9.17, 15) is 9.59 Å². The minimum Gasteiger partial charge on any atom is -0.410 e. The molecule has 0 aromatic heterocycles. The number of ketones is 1. The lowest BCUT2D eigenvalue weighted by atomic mass is 9.81. The largest absolute Gasteiger partial charge is 0.410 e. The van der Waals surface area contributed by atoms with Crippen LogP contribution in [0.1, 0.15) is 32.1 Å². The second-order valence-electron chi connectivity index (χ2n) is 4.32. The van der Waals surface area contributed by atoms with Crippen molar-refractivity contribution in [2.24, 2.45) is 16.1 Å². The maximum absolute atomic E-state index is 12.0. The lowest BCUT2D eigenvalue weighted by Crippen LogP contribution is -2.27. The van der Waals surface area contributed by atoms with Gasteiger partial charge in [-0.05, 0) is 24.8 Å². The van der Waals surface area contributed by atoms with Gasteiger partial charge in [0.15, 0.2) is 0 Å². The highest BCUT2D eigenvalue weighted by Crippen LogP contribution is 2.30. The predicted octanol–water partition coefficient (Wildman–Crippen LogP) is 1.50. The molecular weight excluding hydrogens is 220 g/mol. The van der Waals surface area contributed by atoms with Crippen molar-refractivity contribution in [2.75, 3.05) is 0 Å². The van der Waals surface area contributed by atoms with Crippen molar-refractivity contribution in [2.45, 2.75) is 32.1 Å². The van der Waals surface area contributed by atoms with Gasteiger partial charge in [0.2, 0.25) is 11.5 Å². The first-order chi connectivity index (χ1) is 8.24. The number of nitrogens with zero attached hydrogens (tertiary/aromatic N) is 2. The fourth-order valence-corrected chi connectivity index (χ4v) is 2.38. The molecule has 1 heterocycles. The summed E-state index contributed by atoms with van der Waals surface area (Å²) in [7, 11) is 0. The van der Waals surface area contributed by atoms with Crippen molar-refractivity contribution in [1.29, 1.82) is 0 Å². The van der Waals surface area contributed by atoms with Crippen molar-refractivity contribution in [3.8, 4) is 0 Å². The number of allylic oxidation sites excluding steroid dienone is 2. The summed E-state index contributed by atoms with van der Waals surface area (Å²) >= 11 is 0. The Kier molecular flexibility index (Phi) is 3.46. The van der Waals surface area contributed by atoms with E-state index < -0.39 is 17.4 Å². The van der Waals surface area contributed by atoms with E-state index in [-0.39, 0.29) is 5.92 Å². The van der Waals surface area contributed by atoms with Gasteiger partial charge < -0.3 is 5.21 Å². The first kappa shape index (κ1) is 11.7. The number of carbonyl (C=O) groups is 2. The predicted molar refractivity (Wildman–Crippen MR) is 62.4 cm³/mol. The minimum atomic E-state index is -0.778. The second kappa shape index (κ2) is 5.03. The molecule has 0 spiro atoms. The molecule has 0 radical (unpaired) electrons. The molecule has 1 N–H and O–H groups in total. The van der Waals surface area contributed by atoms with Crippen LogP contribution in [-0.2, 0) is 9.59 Å². The third kappa shape index (κ3) is 2.33. The van der Waals surface area contributed by atoms with Crippen LogP contribution in [0.4, 0.5) is 0 Å². The number of Topliss-reactive ketones (excluding diaryl/α,β-unsaturated/α-hetero) is 1. The Morgan fingerprint density at radius 3 is 2.59 bits per heavy atom. The van der Waals surface area contributed by atoms with Crippen LogP contribution in [0.2, 0.25) is 0 Å². The average Bonchev–Trinajstić information content (AvgIpc) is 2.49. The van der Waals surface area contributed by atoms with Gasteiger partial charge in [0.25, 0.3) is 0 Å². The molecule has 1 aliphatic heterocycles. The van der Waals surface area contributed by atoms with Crippen molar-refractivity contribution in [3.05, 3.63) is 11.6 Å². The Bertz CT molecular complexity index is 429. The van der Waals surface area contributed by atoms with Crippen molar-refractivity contribution < 1.29 is 14.8 Å². The van der Waals surface area contributed by atoms with Gasteiger partial charge in [0.1, 0.15) is 0 Å². The van der Waals surface area contributed by atoms with Crippen LogP contribution in [0.5, 0.6) is 0 Å². The van der Waals surface area contributed by atoms with Gasteiger partial charge in [-0.15, -0.1) is 0 Å². The third-order valence-electron chi connectivity index (χ3n) is 3.27. The molecule has 5 nitrogen and oxygen atoms in total. The van der Waals surface area contributed by atoms with Crippen LogP contribution < -0.4 is 0 Å². The van der Waals surface area contributed by atoms with E-state index in [0.29, 0.717) is 5.57 Å². The first-order valence-electron chi connectivity index (χ1n) is 5.79. The highest BCUT2D eigenvalue weighted by molar-refractivity contribution is 6.69. The fraction of sp³-hybridized carbons (Fsp3) is 0.500. The number of carbonyl (C=O) groups excluding carboxylic acids is 2. The van der Waals surface area contributed by atoms with Crippen LogP contribution in [-0.4, -0.2) is 28.8 Å². The zero-order valence-corrected chi connectivity index (χ0v) is 9.43. The normalized spacial score (nSPS) is 24.9. The fourth-order valence-electron chi connectivity index (χ4n) is 2.38. The van der Waals surface area contributed by atoms with Gasteiger partial charge >= 0.3 is 5.91 Å². The van der Waals surface area contributed by atoms with Crippen LogP contribution in [0.3, 0.4) is 0 Å². The standard InChI is InChI=1S/C12H14N2O3/c15-11-9(8-4-2-1-3-5-8)6-7-13-12(16)10(11)14-17/h6-8,17H,1-5H2/b14-10-. The lowest BCUT2D eigenvalue weighted by molar-refractivity contribution is -0.115. The summed E-state index contributed by atoms with van der Waals surface area (Å²) in [6.45, 7) is 0. The number of hydrogen-bond acceptors (Lipinski definition) is 4. The van der Waals surface area contributed by atoms with Crippen molar-refractivity contribution in [3.63, 3.8) is 0 Å². The van der Waals surface area contributed by atoms with Crippen LogP contribution in [0, 0.1) is 5.92 Å². The number of hydrogen-bond donors (Lipinski definition) is 1. The van der Waals surface area contributed by atoms with Crippen LogP contribution in [0.25, 0.3) is 0 Å². The van der Waals surface area contributed by atoms with E-state index in [2.05, 4.69) is 10.1 Å². The molecule has 0 atom stereocenters. The maximum Gasteiger partial charge on any atom is 0.303 e. The number of oxime groups is 1. The van der Waals surface area contributed by atoms with Gasteiger partial charge in [-0.1, -0.05) is 24.4 Å². The molecule has 1 amide bonds. The molecule has 17 heavy (non-hydrogen) atoms. The highest BCUT2D eigenvalue weighted by Gasteiger charge is 2.30. The number of aliphatic imine (C=N–C) groups is 1. The topological polar surface area (TPSA) is 79.1 Å². The van der Waals surface area contributed by atoms with Crippen molar-refractivity contribution in [1.82, 2.24) is 0 Å². The minimum absolute atomic E-state index is 0.158. The molecule has 1 fully saturated rings. The molecule has 0 unspecified atom stereocenters. The summed E-state index contributed by atoms with van der Waals surface area (Å²) < 4.78 is 0. The molecule has 0 bridgehead atoms. The number of rotatable bonds is 1. The summed E-state index contributed by atoms with van der Waals surface area (Å²) in [4.78, 5) is 26.9. The van der Waals surface area contributed by atoms with E-state index in [1.54, 1.807) is 6.08 Å². The Balaban J connectivity index is 2.27. The Morgan fingerprint density at radius 2 is 1.94 bits per heavy atom. The van der Waals surface area contributed by atoms with Gasteiger partial charge in [-0.2, -0.15) is 0 Å². The molecular formula is C12H14N2O3. The molecule has 0 aromatic rings. The molecule has 1 aliphatic carbocycles. The highest BCUT2D eigenvalue weighted by atomic mass is 16.4. The zero-order valence-electron chi connectivity index (χ0n) is 9.43. The molecule has 5 heteroatoms. The quantitative estimate of drug-likeness (QED) is 0.551. The molecule has 0 aromatic carbocycles. The van der Waals surface area contributed by atoms with Crippen molar-refractivity contribution >= 4 is 23.6 Å². The summed E-state index contributed by atoms with van der Waals surface area (Å²) in [5.41, 5.74) is 0.0719. The van der Waals surface area contributed by atoms with Gasteiger partial charge in [-0.3, -0.25) is 9.59 Å². The SMILES string of the molecule is O=C1N=CC=C(C2CCCCC2)C(=O)/C1=N/O. The van der Waals surface area contributed by atoms with Gasteiger partial charge in [0, 0.05) is 11.8 Å². The average molecular weight is 234 g/mol. The molecule has 0 saturated heterocycles. The molecule has 2 rings (SSSR count). The Morgan fingerprint density at radius 1 is 1.24 bits per heavy atom. The summed E-state index contributed by atoms with van der Waals surface area (Å²) in [6.07, 6.45) is 8.15. The zero-order chi connectivity index (χ0) is 12.3. The third-order valence-corrected chi connectivity index (χ3v) is 3.27. The molecule has 90 valence electrons. The summed E-state index contributed by atoms with van der Waals surface area (Å²) in [5, 5.41) is 11.5. The molecule has 2 aliphatic rings. The molecule has 1 saturated carbocycles. The Hall–Kier alpha value is -1.78. The first-order valence-corrected chi connectivity index (χ1v) is 5.79. The van der Waals surface area contributed by atoms with E-state index in [0.717, 1.165) is 25.7 Å². The van der Waals surface area contributed by atoms with Gasteiger partial charge in [0.05, 0.1) is 0 Å². The summed E-state index contributed by atoms with van der Waals surface area (Å²) in [5.74, 6) is -1.10.